The molecule has 1 aliphatic heterocycles. The fraction of sp³-hybridized carbons (Fsp3) is 0.452. The highest BCUT2D eigenvalue weighted by Gasteiger charge is 2.33. The van der Waals surface area contributed by atoms with Gasteiger partial charge in [0.25, 0.3) is 0 Å². The predicted molar refractivity (Wildman–Crippen MR) is 164 cm³/mol. The zero-order valence-electron chi connectivity index (χ0n) is 25.8. The molecule has 12 heteroatoms. The number of thiazole rings is 1. The summed E-state index contributed by atoms with van der Waals surface area (Å²) in [5, 5.41) is 1.15. The number of fused-ring (bicyclic) bond motifs is 1. The Labute approximate surface area is 254 Å². The quantitative estimate of drug-likeness (QED) is 0.246. The number of nitrogens with zero attached hydrogens (tertiary/aromatic N) is 6. The van der Waals surface area contributed by atoms with Crippen molar-refractivity contribution in [2.75, 3.05) is 24.5 Å². The van der Waals surface area contributed by atoms with Crippen LogP contribution in [0.5, 0.6) is 0 Å². The van der Waals surface area contributed by atoms with Crippen LogP contribution in [0.4, 0.5) is 15.0 Å². The standard InChI is InChI=1S/C31H37FN6O4S/c1-18-15-36(29(40)42-31(6,7)8)13-14-37(18)25-23-21(20-11-9-10-12-22(20)32)16-38(26(23)34-17-33-25)28-35-19(2)24(43-28)27(39)41-30(3,4)5/h9-12,16-18H,13-15H2,1-8H3. The van der Waals surface area contributed by atoms with Gasteiger partial charge in [-0.05, 0) is 61.5 Å². The monoisotopic (exact) mass is 608 g/mol. The molecule has 0 aliphatic carbocycles. The lowest BCUT2D eigenvalue weighted by atomic mass is 10.0. The first-order valence-corrected chi connectivity index (χ1v) is 15.0. The van der Waals surface area contributed by atoms with E-state index in [0.29, 0.717) is 63.3 Å². The summed E-state index contributed by atoms with van der Waals surface area (Å²) in [7, 11) is 0. The highest BCUT2D eigenvalue weighted by Crippen LogP contribution is 2.39. The summed E-state index contributed by atoms with van der Waals surface area (Å²) < 4.78 is 28.2. The van der Waals surface area contributed by atoms with E-state index in [1.165, 1.54) is 23.7 Å². The molecule has 0 N–H and O–H groups in total. The molecule has 1 atom stereocenters. The van der Waals surface area contributed by atoms with Gasteiger partial charge in [-0.1, -0.05) is 29.5 Å². The summed E-state index contributed by atoms with van der Waals surface area (Å²) >= 11 is 1.19. The van der Waals surface area contributed by atoms with Crippen molar-refractivity contribution in [1.82, 2.24) is 24.4 Å². The largest absolute Gasteiger partial charge is 0.456 e. The van der Waals surface area contributed by atoms with E-state index >= 15 is 4.39 Å². The Hall–Kier alpha value is -4.06. The predicted octanol–water partition coefficient (Wildman–Crippen LogP) is 6.39. The van der Waals surface area contributed by atoms with E-state index < -0.39 is 17.2 Å². The topological polar surface area (TPSA) is 103 Å². The minimum atomic E-state index is -0.655. The number of halogens is 1. The molecular weight excluding hydrogens is 571 g/mol. The van der Waals surface area contributed by atoms with Crippen LogP contribution in [-0.2, 0) is 9.47 Å². The van der Waals surface area contributed by atoms with Crippen LogP contribution in [-0.4, -0.2) is 73.4 Å². The second-order valence-electron chi connectivity index (χ2n) is 12.7. The van der Waals surface area contributed by atoms with Gasteiger partial charge in [-0.2, -0.15) is 0 Å². The third kappa shape index (κ3) is 6.34. The number of ether oxygens (including phenoxy) is 2. The van der Waals surface area contributed by atoms with Crippen LogP contribution >= 0.6 is 11.3 Å². The smallest absolute Gasteiger partial charge is 0.410 e. The number of benzene rings is 1. The summed E-state index contributed by atoms with van der Waals surface area (Å²) in [6.45, 7) is 16.1. The molecule has 1 amide bonds. The molecule has 0 saturated carbocycles. The molecule has 0 radical (unpaired) electrons. The summed E-state index contributed by atoms with van der Waals surface area (Å²) in [4.78, 5) is 43.9. The second kappa shape index (κ2) is 11.2. The van der Waals surface area contributed by atoms with Crippen molar-refractivity contribution in [3.05, 3.63) is 53.2 Å². The van der Waals surface area contributed by atoms with Crippen molar-refractivity contribution in [3.8, 4) is 16.3 Å². The fourth-order valence-electron chi connectivity index (χ4n) is 5.06. The van der Waals surface area contributed by atoms with Gasteiger partial charge in [0.05, 0.1) is 11.1 Å². The van der Waals surface area contributed by atoms with Crippen LogP contribution in [0.2, 0.25) is 0 Å². The molecular formula is C31H37FN6O4S. The minimum absolute atomic E-state index is 0.114. The Morgan fingerprint density at radius 3 is 2.35 bits per heavy atom. The average molecular weight is 609 g/mol. The van der Waals surface area contributed by atoms with Gasteiger partial charge in [-0.3, -0.25) is 4.57 Å². The molecule has 5 rings (SSSR count). The number of piperazine rings is 1. The van der Waals surface area contributed by atoms with Crippen LogP contribution in [0.1, 0.15) is 63.8 Å². The summed E-state index contributed by atoms with van der Waals surface area (Å²) in [6.07, 6.45) is 2.91. The first-order valence-electron chi connectivity index (χ1n) is 14.2. The Bertz CT molecular complexity index is 1690. The summed E-state index contributed by atoms with van der Waals surface area (Å²) in [6, 6.07) is 6.44. The molecule has 43 heavy (non-hydrogen) atoms. The van der Waals surface area contributed by atoms with Crippen LogP contribution in [0.15, 0.2) is 36.8 Å². The number of hydrogen-bond donors (Lipinski definition) is 0. The van der Waals surface area contributed by atoms with Crippen molar-refractivity contribution in [2.24, 2.45) is 0 Å². The molecule has 0 bridgehead atoms. The van der Waals surface area contributed by atoms with Gasteiger partial charge in [0.2, 0.25) is 0 Å². The summed E-state index contributed by atoms with van der Waals surface area (Å²) in [5.74, 6) is -0.213. The van der Waals surface area contributed by atoms with Gasteiger partial charge < -0.3 is 19.3 Å². The SMILES string of the molecule is Cc1nc(-n2cc(-c3ccccc3F)c3c(N4CCN(C(=O)OC(C)(C)C)CC4C)ncnc32)sc1C(=O)OC(C)(C)C. The highest BCUT2D eigenvalue weighted by atomic mass is 32.1. The molecule has 1 unspecified atom stereocenters. The van der Waals surface area contributed by atoms with Crippen LogP contribution in [0, 0.1) is 12.7 Å². The average Bonchev–Trinajstić information content (AvgIpc) is 3.48. The molecule has 1 saturated heterocycles. The van der Waals surface area contributed by atoms with E-state index in [4.69, 9.17) is 9.47 Å². The maximum Gasteiger partial charge on any atom is 0.410 e. The van der Waals surface area contributed by atoms with E-state index in [2.05, 4.69) is 19.9 Å². The lowest BCUT2D eigenvalue weighted by Gasteiger charge is -2.41. The van der Waals surface area contributed by atoms with Gasteiger partial charge in [-0.15, -0.1) is 0 Å². The lowest BCUT2D eigenvalue weighted by Crippen LogP contribution is -2.54. The van der Waals surface area contributed by atoms with Crippen molar-refractivity contribution in [1.29, 1.82) is 0 Å². The minimum Gasteiger partial charge on any atom is -0.456 e. The number of aromatic nitrogens is 4. The zero-order valence-corrected chi connectivity index (χ0v) is 26.6. The zero-order chi connectivity index (χ0) is 31.3. The molecule has 1 fully saturated rings. The second-order valence-corrected chi connectivity index (χ2v) is 13.6. The Balaban J connectivity index is 1.60. The molecule has 4 heterocycles. The maximum absolute atomic E-state index is 15.3. The highest BCUT2D eigenvalue weighted by molar-refractivity contribution is 7.16. The van der Waals surface area contributed by atoms with E-state index in [9.17, 15) is 9.59 Å². The van der Waals surface area contributed by atoms with Gasteiger partial charge in [-0.25, -0.2) is 28.9 Å². The van der Waals surface area contributed by atoms with Gasteiger partial charge >= 0.3 is 12.1 Å². The number of carbonyl (C=O) groups excluding carboxylic acids is 2. The van der Waals surface area contributed by atoms with Gasteiger partial charge in [0.15, 0.2) is 10.8 Å². The molecule has 0 spiro atoms. The van der Waals surface area contributed by atoms with E-state index in [1.807, 2.05) is 48.5 Å². The van der Waals surface area contributed by atoms with Gasteiger partial charge in [0.1, 0.15) is 34.0 Å². The van der Waals surface area contributed by atoms with Crippen LogP contribution in [0.25, 0.3) is 27.3 Å². The number of anilines is 1. The third-order valence-corrected chi connectivity index (χ3v) is 7.99. The number of aryl methyl sites for hydroxylation is 1. The van der Waals surface area contributed by atoms with Crippen LogP contribution in [0.3, 0.4) is 0 Å². The third-order valence-electron chi connectivity index (χ3n) is 6.85. The number of amides is 1. The molecule has 228 valence electrons. The normalized spacial score (nSPS) is 16.1. The maximum atomic E-state index is 15.3. The molecule has 1 aliphatic rings. The first-order chi connectivity index (χ1) is 20.1. The van der Waals surface area contributed by atoms with Crippen molar-refractivity contribution >= 4 is 40.3 Å². The number of esters is 1. The van der Waals surface area contributed by atoms with E-state index in [-0.39, 0.29) is 18.0 Å². The Morgan fingerprint density at radius 2 is 1.70 bits per heavy atom. The van der Waals surface area contributed by atoms with Crippen molar-refractivity contribution in [3.63, 3.8) is 0 Å². The first kappa shape index (κ1) is 30.4. The summed E-state index contributed by atoms with van der Waals surface area (Å²) in [5.41, 5.74) is 0.795. The molecule has 1 aromatic carbocycles. The van der Waals surface area contributed by atoms with Crippen molar-refractivity contribution in [2.45, 2.75) is 72.6 Å². The molecule has 10 nitrogen and oxygen atoms in total. The molecule has 3 aromatic heterocycles. The fourth-order valence-corrected chi connectivity index (χ4v) is 5.98. The van der Waals surface area contributed by atoms with Gasteiger partial charge in [0, 0.05) is 43.0 Å². The number of hydrogen-bond acceptors (Lipinski definition) is 9. The lowest BCUT2D eigenvalue weighted by molar-refractivity contribution is 0.00733. The van der Waals surface area contributed by atoms with E-state index in [0.717, 1.165) is 0 Å². The number of rotatable bonds is 4. The van der Waals surface area contributed by atoms with E-state index in [1.54, 1.807) is 40.8 Å². The van der Waals surface area contributed by atoms with Crippen molar-refractivity contribution < 1.29 is 23.5 Å². The Kier molecular flexibility index (Phi) is 7.93. The molecule has 4 aromatic rings. The van der Waals surface area contributed by atoms with Crippen LogP contribution < -0.4 is 4.90 Å². The Morgan fingerprint density at radius 1 is 1.00 bits per heavy atom. The number of carbonyl (C=O) groups is 2.